The molecule has 2 amide bonds. The highest BCUT2D eigenvalue weighted by Crippen LogP contribution is 2.23. The summed E-state index contributed by atoms with van der Waals surface area (Å²) in [7, 11) is 0. The van der Waals surface area contributed by atoms with Gasteiger partial charge in [0.2, 0.25) is 0 Å². The van der Waals surface area contributed by atoms with E-state index in [-0.39, 0.29) is 6.03 Å². The van der Waals surface area contributed by atoms with Gasteiger partial charge in [-0.3, -0.25) is 9.58 Å². The van der Waals surface area contributed by atoms with Gasteiger partial charge in [-0.05, 0) is 80.9 Å². The molecule has 3 aromatic carbocycles. The summed E-state index contributed by atoms with van der Waals surface area (Å²) in [5.74, 6) is 1.48. The van der Waals surface area contributed by atoms with E-state index in [2.05, 4.69) is 28.7 Å². The van der Waals surface area contributed by atoms with Crippen LogP contribution in [0.4, 0.5) is 16.2 Å². The number of carbonyl (C=O) groups excluding carboxylic acids is 1. The van der Waals surface area contributed by atoms with E-state index in [9.17, 15) is 4.79 Å². The number of anilines is 2. The summed E-state index contributed by atoms with van der Waals surface area (Å²) in [6.45, 7) is 5.37. The molecule has 1 saturated heterocycles. The number of para-hydroxylation sites is 1. The standard InChI is InChI=1S/C28H31N5O2/c1-21-7-5-6-16-32(21)17-18-33-20-22-19-24(12-15-27(22)31-33)30-28(34)29-23-10-13-26(14-11-23)35-25-8-3-2-4-9-25/h2-4,8-15,19-21H,5-7,16-18H2,1H3,(H2,29,30,34). The van der Waals surface area contributed by atoms with Crippen LogP contribution >= 0.6 is 0 Å². The molecule has 1 fully saturated rings. The lowest BCUT2D eigenvalue weighted by atomic mass is 10.0. The van der Waals surface area contributed by atoms with Crippen LogP contribution in [0.25, 0.3) is 10.9 Å². The Labute approximate surface area is 205 Å². The number of amides is 2. The predicted octanol–water partition coefficient (Wildman–Crippen LogP) is 6.35. The molecule has 5 rings (SSSR count). The van der Waals surface area contributed by atoms with E-state index < -0.39 is 0 Å². The molecule has 2 N–H and O–H groups in total. The molecule has 0 spiro atoms. The Kier molecular flexibility index (Phi) is 6.95. The molecule has 35 heavy (non-hydrogen) atoms. The Bertz CT molecular complexity index is 1270. The number of benzene rings is 3. The van der Waals surface area contributed by atoms with Crippen molar-refractivity contribution < 1.29 is 9.53 Å². The van der Waals surface area contributed by atoms with Gasteiger partial charge in [0, 0.05) is 35.5 Å². The molecule has 7 nitrogen and oxygen atoms in total. The first-order valence-corrected chi connectivity index (χ1v) is 12.2. The van der Waals surface area contributed by atoms with Crippen LogP contribution in [0.15, 0.2) is 79.0 Å². The van der Waals surface area contributed by atoms with Crippen molar-refractivity contribution in [2.24, 2.45) is 0 Å². The van der Waals surface area contributed by atoms with Gasteiger partial charge in [-0.25, -0.2) is 4.79 Å². The molecule has 0 bridgehead atoms. The molecule has 1 aliphatic rings. The van der Waals surface area contributed by atoms with Gasteiger partial charge >= 0.3 is 6.03 Å². The van der Waals surface area contributed by atoms with Crippen LogP contribution < -0.4 is 15.4 Å². The number of aromatic nitrogens is 2. The van der Waals surface area contributed by atoms with Gasteiger partial charge in [-0.15, -0.1) is 0 Å². The van der Waals surface area contributed by atoms with E-state index in [4.69, 9.17) is 9.84 Å². The second kappa shape index (κ2) is 10.6. The SMILES string of the molecule is CC1CCCCN1CCn1cc2cc(NC(=O)Nc3ccc(Oc4ccccc4)cc3)ccc2n1. The van der Waals surface area contributed by atoms with Crippen LogP contribution in [-0.4, -0.2) is 39.8 Å². The van der Waals surface area contributed by atoms with E-state index >= 15 is 0 Å². The first kappa shape index (κ1) is 22.9. The second-order valence-electron chi connectivity index (χ2n) is 9.07. The number of hydrogen-bond donors (Lipinski definition) is 2. The van der Waals surface area contributed by atoms with Crippen molar-refractivity contribution in [2.75, 3.05) is 23.7 Å². The van der Waals surface area contributed by atoms with E-state index in [1.807, 2.05) is 77.5 Å². The molecule has 2 heterocycles. The fraction of sp³-hybridized carbons (Fsp3) is 0.286. The quantitative estimate of drug-likeness (QED) is 0.331. The summed E-state index contributed by atoms with van der Waals surface area (Å²) in [5, 5.41) is 11.5. The summed E-state index contributed by atoms with van der Waals surface area (Å²) in [6, 6.07) is 23.0. The number of likely N-dealkylation sites (tertiary alicyclic amines) is 1. The number of piperidine rings is 1. The lowest BCUT2D eigenvalue weighted by Gasteiger charge is -2.33. The zero-order valence-electron chi connectivity index (χ0n) is 20.0. The third kappa shape index (κ3) is 6.00. The van der Waals surface area contributed by atoms with E-state index in [1.165, 1.54) is 25.8 Å². The molecule has 7 heteroatoms. The maximum atomic E-state index is 12.5. The number of urea groups is 1. The topological polar surface area (TPSA) is 71.4 Å². The Morgan fingerprint density at radius 2 is 1.69 bits per heavy atom. The normalized spacial score (nSPS) is 16.2. The number of rotatable bonds is 7. The maximum Gasteiger partial charge on any atom is 0.323 e. The third-order valence-electron chi connectivity index (χ3n) is 6.46. The third-order valence-corrected chi connectivity index (χ3v) is 6.46. The number of nitrogens with zero attached hydrogens (tertiary/aromatic N) is 3. The Morgan fingerprint density at radius 3 is 2.49 bits per heavy atom. The lowest BCUT2D eigenvalue weighted by Crippen LogP contribution is -2.39. The largest absolute Gasteiger partial charge is 0.457 e. The minimum Gasteiger partial charge on any atom is -0.457 e. The molecule has 180 valence electrons. The average Bonchev–Trinajstić information content (AvgIpc) is 3.27. The van der Waals surface area contributed by atoms with E-state index in [0.29, 0.717) is 17.5 Å². The summed E-state index contributed by atoms with van der Waals surface area (Å²) in [5.41, 5.74) is 2.34. The number of nitrogens with one attached hydrogen (secondary N) is 2. The summed E-state index contributed by atoms with van der Waals surface area (Å²) < 4.78 is 7.80. The van der Waals surface area contributed by atoms with Crippen molar-refractivity contribution in [3.63, 3.8) is 0 Å². The second-order valence-corrected chi connectivity index (χ2v) is 9.07. The van der Waals surface area contributed by atoms with Crippen molar-refractivity contribution in [3.8, 4) is 11.5 Å². The van der Waals surface area contributed by atoms with Crippen LogP contribution in [0.3, 0.4) is 0 Å². The molecule has 1 aliphatic heterocycles. The fourth-order valence-corrected chi connectivity index (χ4v) is 4.51. The summed E-state index contributed by atoms with van der Waals surface area (Å²) in [6.07, 6.45) is 5.96. The molecule has 1 unspecified atom stereocenters. The Balaban J connectivity index is 1.15. The van der Waals surface area contributed by atoms with Crippen LogP contribution in [0.5, 0.6) is 11.5 Å². The summed E-state index contributed by atoms with van der Waals surface area (Å²) in [4.78, 5) is 15.1. The molecular weight excluding hydrogens is 438 g/mol. The molecule has 1 aromatic heterocycles. The number of hydrogen-bond acceptors (Lipinski definition) is 4. The molecule has 0 radical (unpaired) electrons. The first-order valence-electron chi connectivity index (χ1n) is 12.2. The van der Waals surface area contributed by atoms with Gasteiger partial charge in [0.05, 0.1) is 12.1 Å². The van der Waals surface area contributed by atoms with E-state index in [0.717, 1.165) is 35.4 Å². The number of ether oxygens (including phenoxy) is 1. The van der Waals surface area contributed by atoms with Crippen molar-refractivity contribution in [1.82, 2.24) is 14.7 Å². The fourth-order valence-electron chi connectivity index (χ4n) is 4.51. The minimum atomic E-state index is -0.299. The molecule has 4 aromatic rings. The lowest BCUT2D eigenvalue weighted by molar-refractivity contribution is 0.153. The van der Waals surface area contributed by atoms with Gasteiger partial charge < -0.3 is 15.4 Å². The zero-order valence-corrected chi connectivity index (χ0v) is 20.0. The smallest absolute Gasteiger partial charge is 0.323 e. The van der Waals surface area contributed by atoms with Crippen molar-refractivity contribution >= 4 is 28.3 Å². The minimum absolute atomic E-state index is 0.299. The van der Waals surface area contributed by atoms with E-state index in [1.54, 1.807) is 0 Å². The molecule has 0 aliphatic carbocycles. The molecule has 1 atom stereocenters. The van der Waals surface area contributed by atoms with Crippen molar-refractivity contribution in [2.45, 2.75) is 38.8 Å². The number of fused-ring (bicyclic) bond motifs is 1. The van der Waals surface area contributed by atoms with Crippen molar-refractivity contribution in [3.05, 3.63) is 79.0 Å². The van der Waals surface area contributed by atoms with Gasteiger partial charge in [0.1, 0.15) is 11.5 Å². The van der Waals surface area contributed by atoms with Gasteiger partial charge in [0.15, 0.2) is 0 Å². The van der Waals surface area contributed by atoms with Gasteiger partial charge in [-0.1, -0.05) is 24.6 Å². The molecule has 0 saturated carbocycles. The number of carbonyl (C=O) groups is 1. The summed E-state index contributed by atoms with van der Waals surface area (Å²) >= 11 is 0. The highest BCUT2D eigenvalue weighted by molar-refractivity contribution is 6.00. The Hall–Kier alpha value is -3.84. The molecular formula is C28H31N5O2. The van der Waals surface area contributed by atoms with Crippen LogP contribution in [-0.2, 0) is 6.54 Å². The highest BCUT2D eigenvalue weighted by Gasteiger charge is 2.17. The Morgan fingerprint density at radius 1 is 0.943 bits per heavy atom. The van der Waals surface area contributed by atoms with Gasteiger partial charge in [0.25, 0.3) is 0 Å². The maximum absolute atomic E-state index is 12.5. The first-order chi connectivity index (χ1) is 17.1. The van der Waals surface area contributed by atoms with Crippen LogP contribution in [0, 0.1) is 0 Å². The van der Waals surface area contributed by atoms with Crippen molar-refractivity contribution in [1.29, 1.82) is 0 Å². The average molecular weight is 470 g/mol. The van der Waals surface area contributed by atoms with Crippen LogP contribution in [0.2, 0.25) is 0 Å². The highest BCUT2D eigenvalue weighted by atomic mass is 16.5. The van der Waals surface area contributed by atoms with Gasteiger partial charge in [-0.2, -0.15) is 5.10 Å². The monoisotopic (exact) mass is 469 g/mol. The predicted molar refractivity (Wildman–Crippen MR) is 140 cm³/mol. The van der Waals surface area contributed by atoms with Crippen LogP contribution in [0.1, 0.15) is 26.2 Å². The zero-order chi connectivity index (χ0) is 24.0.